The summed E-state index contributed by atoms with van der Waals surface area (Å²) in [7, 11) is -1.70. The van der Waals surface area contributed by atoms with E-state index in [1.165, 1.54) is 0 Å². The van der Waals surface area contributed by atoms with Crippen LogP contribution in [0.2, 0.25) is 19.6 Å². The largest absolute Gasteiger partial charge is 0.450 e. The Hall–Kier alpha value is -3.01. The van der Waals surface area contributed by atoms with Crippen LogP contribution in [0.25, 0.3) is 0 Å². The molecule has 3 atom stereocenters. The molecule has 1 aromatic carbocycles. The molecule has 0 bridgehead atoms. The van der Waals surface area contributed by atoms with E-state index in [4.69, 9.17) is 14.2 Å². The Morgan fingerprint density at radius 3 is 2.26 bits per heavy atom. The number of hydrogen-bond donors (Lipinski definition) is 3. The third-order valence-corrected chi connectivity index (χ3v) is 8.04. The number of rotatable bonds is 7. The van der Waals surface area contributed by atoms with Gasteiger partial charge in [-0.15, -0.1) is 0 Å². The number of carbonyl (C=O) groups excluding carboxylic acids is 3. The van der Waals surface area contributed by atoms with E-state index in [9.17, 15) is 14.4 Å². The monoisotopic (exact) mass is 505 g/mol. The van der Waals surface area contributed by atoms with Crippen LogP contribution in [0.3, 0.4) is 0 Å². The molecule has 2 rings (SSSR count). The first kappa shape index (κ1) is 28.2. The number of alkyl carbamates (subject to hydrolysis) is 3. The molecule has 194 valence electrons. The number of nitrogens with one attached hydrogen (secondary N) is 3. The Morgan fingerprint density at radius 1 is 1.00 bits per heavy atom. The summed E-state index contributed by atoms with van der Waals surface area (Å²) in [5.41, 5.74) is 0.452. The van der Waals surface area contributed by atoms with Crippen LogP contribution in [0.5, 0.6) is 0 Å². The van der Waals surface area contributed by atoms with Crippen molar-refractivity contribution in [1.29, 1.82) is 0 Å². The molecular formula is C25H39N3O6Si. The van der Waals surface area contributed by atoms with Gasteiger partial charge in [-0.25, -0.2) is 14.4 Å². The number of benzene rings is 1. The Labute approximate surface area is 209 Å². The van der Waals surface area contributed by atoms with Gasteiger partial charge in [-0.2, -0.15) is 0 Å². The molecule has 10 heteroatoms. The van der Waals surface area contributed by atoms with Gasteiger partial charge in [0.15, 0.2) is 0 Å². The first-order valence-corrected chi connectivity index (χ1v) is 15.5. The van der Waals surface area contributed by atoms with Crippen LogP contribution in [0.1, 0.15) is 46.1 Å². The van der Waals surface area contributed by atoms with E-state index in [-0.39, 0.29) is 18.4 Å². The molecule has 0 saturated carbocycles. The minimum atomic E-state index is -1.70. The first-order valence-electron chi connectivity index (χ1n) is 11.9. The fraction of sp³-hybridized carbons (Fsp3) is 0.560. The van der Waals surface area contributed by atoms with E-state index in [1.54, 1.807) is 26.8 Å². The van der Waals surface area contributed by atoms with Gasteiger partial charge in [-0.05, 0) is 52.2 Å². The maximum Gasteiger partial charge on any atom is 0.411 e. The maximum absolute atomic E-state index is 12.6. The van der Waals surface area contributed by atoms with Crippen molar-refractivity contribution in [3.05, 3.63) is 47.7 Å². The van der Waals surface area contributed by atoms with Gasteiger partial charge in [0, 0.05) is 5.70 Å². The molecule has 3 N–H and O–H groups in total. The Bertz CT molecular complexity index is 908. The lowest BCUT2D eigenvalue weighted by molar-refractivity contribution is 0.0503. The molecule has 3 amide bonds. The Kier molecular flexibility index (Phi) is 9.76. The molecule has 0 saturated heterocycles. The summed E-state index contributed by atoms with van der Waals surface area (Å²) in [6, 6.07) is 8.49. The van der Waals surface area contributed by atoms with Gasteiger partial charge in [0.05, 0.1) is 25.9 Å². The van der Waals surface area contributed by atoms with Crippen molar-refractivity contribution in [3.63, 3.8) is 0 Å². The molecule has 1 aliphatic rings. The molecule has 0 spiro atoms. The number of hydrogen-bond acceptors (Lipinski definition) is 6. The summed E-state index contributed by atoms with van der Waals surface area (Å²) in [6.45, 7) is 13.7. The van der Waals surface area contributed by atoms with Crippen molar-refractivity contribution < 1.29 is 28.6 Å². The molecule has 0 fully saturated rings. The fourth-order valence-electron chi connectivity index (χ4n) is 3.16. The molecule has 0 aliphatic heterocycles. The topological polar surface area (TPSA) is 115 Å². The van der Waals surface area contributed by atoms with Crippen molar-refractivity contribution in [2.45, 2.75) is 90.2 Å². The average molecular weight is 506 g/mol. The molecule has 1 aromatic rings. The minimum absolute atomic E-state index is 0.151. The molecule has 1 aliphatic carbocycles. The number of amides is 3. The highest BCUT2D eigenvalue weighted by atomic mass is 28.3. The van der Waals surface area contributed by atoms with Crippen LogP contribution in [-0.2, 0) is 20.8 Å². The standard InChI is InChI=1S/C25H39N3O6Si/c1-17(35(5,6)7)33-23(30)28-21-15-19(13-14-20(21)27-24(31)34-25(2,3)4)26-22(29)32-16-18-11-9-8-10-12-18/h8-12,15,17,19-20H,13-14,16H2,1-7H3,(H,26,29)(H,27,31)(H,28,30). The van der Waals surface area contributed by atoms with Crippen molar-refractivity contribution in [3.8, 4) is 0 Å². The van der Waals surface area contributed by atoms with Gasteiger partial charge in [0.25, 0.3) is 0 Å². The second-order valence-electron chi connectivity index (χ2n) is 10.7. The van der Waals surface area contributed by atoms with E-state index in [2.05, 4.69) is 35.6 Å². The summed E-state index contributed by atoms with van der Waals surface area (Å²) < 4.78 is 16.2. The summed E-state index contributed by atoms with van der Waals surface area (Å²) in [6.07, 6.45) is 0.950. The van der Waals surface area contributed by atoms with E-state index in [0.29, 0.717) is 18.5 Å². The summed E-state index contributed by atoms with van der Waals surface area (Å²) >= 11 is 0. The summed E-state index contributed by atoms with van der Waals surface area (Å²) in [4.78, 5) is 37.3. The van der Waals surface area contributed by atoms with Crippen LogP contribution in [0.15, 0.2) is 42.1 Å². The summed E-state index contributed by atoms with van der Waals surface area (Å²) in [5, 5.41) is 8.36. The second kappa shape index (κ2) is 12.1. The van der Waals surface area contributed by atoms with Crippen molar-refractivity contribution in [2.75, 3.05) is 0 Å². The Morgan fingerprint density at radius 2 is 1.66 bits per heavy atom. The zero-order valence-electron chi connectivity index (χ0n) is 21.8. The highest BCUT2D eigenvalue weighted by Gasteiger charge is 2.31. The lowest BCUT2D eigenvalue weighted by Gasteiger charge is -2.31. The van der Waals surface area contributed by atoms with Gasteiger partial charge < -0.3 is 24.8 Å². The van der Waals surface area contributed by atoms with Gasteiger partial charge >= 0.3 is 18.3 Å². The van der Waals surface area contributed by atoms with Gasteiger partial charge in [-0.1, -0.05) is 50.0 Å². The van der Waals surface area contributed by atoms with Crippen LogP contribution >= 0.6 is 0 Å². The fourth-order valence-corrected chi connectivity index (χ4v) is 3.62. The zero-order chi connectivity index (χ0) is 26.2. The SMILES string of the molecule is CC(OC(=O)NC1=CC(NC(=O)OCc2ccccc2)CCC1NC(=O)OC(C)(C)C)[Si](C)(C)C. The molecule has 0 aromatic heterocycles. The molecule has 0 heterocycles. The van der Waals surface area contributed by atoms with Crippen molar-refractivity contribution in [2.24, 2.45) is 0 Å². The predicted octanol–water partition coefficient (Wildman–Crippen LogP) is 4.84. The smallest absolute Gasteiger partial charge is 0.411 e. The van der Waals surface area contributed by atoms with E-state index < -0.39 is 38.0 Å². The first-order chi connectivity index (χ1) is 16.2. The second-order valence-corrected chi connectivity index (χ2v) is 16.3. The molecule has 9 nitrogen and oxygen atoms in total. The van der Waals surface area contributed by atoms with Crippen molar-refractivity contribution >= 4 is 26.4 Å². The van der Waals surface area contributed by atoms with Crippen LogP contribution in [0.4, 0.5) is 14.4 Å². The molecule has 0 radical (unpaired) electrons. The van der Waals surface area contributed by atoms with Crippen LogP contribution in [0, 0.1) is 0 Å². The third-order valence-electron chi connectivity index (χ3n) is 5.48. The molecular weight excluding hydrogens is 466 g/mol. The van der Waals surface area contributed by atoms with Crippen LogP contribution in [-0.4, -0.2) is 49.8 Å². The highest BCUT2D eigenvalue weighted by Crippen LogP contribution is 2.20. The van der Waals surface area contributed by atoms with E-state index >= 15 is 0 Å². The lowest BCUT2D eigenvalue weighted by atomic mass is 9.95. The molecule has 35 heavy (non-hydrogen) atoms. The number of carbonyl (C=O) groups is 3. The van der Waals surface area contributed by atoms with Gasteiger partial charge in [-0.3, -0.25) is 5.32 Å². The number of ether oxygens (including phenoxy) is 3. The highest BCUT2D eigenvalue weighted by molar-refractivity contribution is 6.77. The van der Waals surface area contributed by atoms with Gasteiger partial charge in [0.2, 0.25) is 0 Å². The lowest BCUT2D eigenvalue weighted by Crippen LogP contribution is -2.49. The quantitative estimate of drug-likeness (QED) is 0.361. The predicted molar refractivity (Wildman–Crippen MR) is 136 cm³/mol. The Balaban J connectivity index is 2.06. The maximum atomic E-state index is 12.6. The molecule has 3 unspecified atom stereocenters. The normalized spacial score (nSPS) is 19.0. The zero-order valence-corrected chi connectivity index (χ0v) is 22.8. The summed E-state index contributed by atoms with van der Waals surface area (Å²) in [5.74, 6) is 0. The average Bonchev–Trinajstić information content (AvgIpc) is 2.73. The van der Waals surface area contributed by atoms with Gasteiger partial charge in [0.1, 0.15) is 12.2 Å². The van der Waals surface area contributed by atoms with Crippen molar-refractivity contribution in [1.82, 2.24) is 16.0 Å². The van der Waals surface area contributed by atoms with E-state index in [0.717, 1.165) is 5.56 Å². The minimum Gasteiger partial charge on any atom is -0.450 e. The van der Waals surface area contributed by atoms with E-state index in [1.807, 2.05) is 37.3 Å². The third kappa shape index (κ3) is 10.4. The van der Waals surface area contributed by atoms with Crippen LogP contribution < -0.4 is 16.0 Å².